The van der Waals surface area contributed by atoms with Crippen LogP contribution in [-0.4, -0.2) is 66.4 Å². The van der Waals surface area contributed by atoms with Gasteiger partial charge in [-0.2, -0.15) is 0 Å². The van der Waals surface area contributed by atoms with Gasteiger partial charge in [0.15, 0.2) is 22.1 Å². The fraction of sp³-hybridized carbons (Fsp3) is 0.444. The van der Waals surface area contributed by atoms with Crippen molar-refractivity contribution in [3.63, 3.8) is 0 Å². The van der Waals surface area contributed by atoms with Crippen LogP contribution in [0.25, 0.3) is 33.4 Å². The molecule has 1 amide bonds. The molecule has 278 valence electrons. The molecule has 2 unspecified atom stereocenters. The highest BCUT2D eigenvalue weighted by atomic mass is 28.5. The zero-order valence-corrected chi connectivity index (χ0v) is 36.9. The van der Waals surface area contributed by atoms with Gasteiger partial charge in [-0.15, -0.1) is 0 Å². The Morgan fingerprint density at radius 2 is 1.37 bits per heavy atom. The number of hydrogen-bond donors (Lipinski definition) is 3. The number of hydrogen-bond acceptors (Lipinski definition) is 9. The van der Waals surface area contributed by atoms with E-state index in [1.807, 2.05) is 18.2 Å². The maximum Gasteiger partial charge on any atom is 0.315 e. The molecule has 0 spiro atoms. The Balaban J connectivity index is 1.54. The van der Waals surface area contributed by atoms with Crippen LogP contribution < -0.4 is 16.5 Å². The third kappa shape index (κ3) is 11.6. The number of amides is 1. The molecule has 51 heavy (non-hydrogen) atoms. The van der Waals surface area contributed by atoms with Crippen LogP contribution in [0.5, 0.6) is 5.75 Å². The van der Waals surface area contributed by atoms with Gasteiger partial charge in [-0.3, -0.25) is 9.59 Å². The molecule has 0 radical (unpaired) electrons. The Morgan fingerprint density at radius 3 is 1.98 bits per heavy atom. The summed E-state index contributed by atoms with van der Waals surface area (Å²) < 4.78 is 33.5. The van der Waals surface area contributed by atoms with Gasteiger partial charge in [0.2, 0.25) is 0 Å². The number of rotatable bonds is 17. The molecular formula is C36H56N2O8Si5. The van der Waals surface area contributed by atoms with E-state index >= 15 is 0 Å². The number of phenolic OH excluding ortho intramolecular Hbond substituents is 1. The average molecular weight is 785 g/mol. The van der Waals surface area contributed by atoms with E-state index in [9.17, 15) is 14.7 Å². The van der Waals surface area contributed by atoms with Crippen molar-refractivity contribution in [2.24, 2.45) is 5.73 Å². The van der Waals surface area contributed by atoms with Crippen LogP contribution in [0.1, 0.15) is 23.2 Å². The van der Waals surface area contributed by atoms with Crippen LogP contribution in [0.3, 0.4) is 0 Å². The highest BCUT2D eigenvalue weighted by Gasteiger charge is 2.48. The lowest BCUT2D eigenvalue weighted by Gasteiger charge is -2.43. The summed E-state index contributed by atoms with van der Waals surface area (Å²) in [6.45, 7) is 22.6. The van der Waals surface area contributed by atoms with Gasteiger partial charge in [0.1, 0.15) is 17.1 Å². The minimum Gasteiger partial charge on any atom is -0.508 e. The molecule has 1 aliphatic heterocycles. The van der Waals surface area contributed by atoms with Crippen molar-refractivity contribution in [2.75, 3.05) is 13.1 Å². The second-order valence-corrected chi connectivity index (χ2v) is 36.0. The normalized spacial score (nSPS) is 15.1. The first kappa shape index (κ1) is 41.0. The molecule has 0 bridgehead atoms. The van der Waals surface area contributed by atoms with E-state index in [2.05, 4.69) is 70.8 Å². The van der Waals surface area contributed by atoms with Gasteiger partial charge < -0.3 is 37.0 Å². The summed E-state index contributed by atoms with van der Waals surface area (Å²) in [6, 6.07) is 18.4. The molecule has 4 N–H and O–H groups in total. The van der Waals surface area contributed by atoms with Crippen molar-refractivity contribution in [1.82, 2.24) is 5.32 Å². The number of benzene rings is 3. The Morgan fingerprint density at radius 1 is 0.765 bits per heavy atom. The number of fused-ring (bicyclic) bond motifs is 2. The van der Waals surface area contributed by atoms with Gasteiger partial charge >= 0.3 is 25.7 Å². The molecule has 10 nitrogen and oxygen atoms in total. The van der Waals surface area contributed by atoms with Crippen molar-refractivity contribution >= 4 is 59.2 Å². The lowest BCUT2D eigenvalue weighted by atomic mass is 9.90. The highest BCUT2D eigenvalue weighted by molar-refractivity contribution is 6.90. The lowest BCUT2D eigenvalue weighted by Crippen LogP contribution is -2.60. The Kier molecular flexibility index (Phi) is 13.0. The van der Waals surface area contributed by atoms with Gasteiger partial charge in [-0.1, -0.05) is 18.2 Å². The topological polar surface area (TPSA) is 142 Å². The van der Waals surface area contributed by atoms with Crippen molar-refractivity contribution in [1.29, 1.82) is 0 Å². The molecular weight excluding hydrogens is 729 g/mol. The van der Waals surface area contributed by atoms with E-state index in [1.54, 1.807) is 24.3 Å². The zero-order chi connectivity index (χ0) is 37.8. The predicted octanol–water partition coefficient (Wildman–Crippen LogP) is 8.32. The number of carbonyl (C=O) groups excluding carboxylic acids is 1. The van der Waals surface area contributed by atoms with Crippen LogP contribution in [0.2, 0.25) is 77.6 Å². The summed E-state index contributed by atoms with van der Waals surface area (Å²) in [7, 11) is -11.9. The fourth-order valence-corrected chi connectivity index (χ4v) is 30.4. The molecule has 0 saturated heterocycles. The third-order valence-electron chi connectivity index (χ3n) is 8.01. The summed E-state index contributed by atoms with van der Waals surface area (Å²) in [5.74, 6) is 0.200. The van der Waals surface area contributed by atoms with Gasteiger partial charge in [-0.05, 0) is 133 Å². The number of nitrogens with one attached hydrogen (secondary N) is 1. The number of carbonyl (C=O) groups is 1. The minimum absolute atomic E-state index is 0.0405. The van der Waals surface area contributed by atoms with Crippen LogP contribution in [0.15, 0.2) is 69.9 Å². The maximum absolute atomic E-state index is 13.9. The molecule has 4 rings (SSSR count). The molecule has 1 heterocycles. The first-order valence-electron chi connectivity index (χ1n) is 17.7. The van der Waals surface area contributed by atoms with Crippen LogP contribution in [0.4, 0.5) is 0 Å². The second kappa shape index (κ2) is 16.1. The fourth-order valence-electron chi connectivity index (χ4n) is 6.78. The molecule has 2 atom stereocenters. The molecule has 1 aliphatic carbocycles. The molecule has 2 aliphatic rings. The zero-order valence-electron chi connectivity index (χ0n) is 31.9. The van der Waals surface area contributed by atoms with E-state index in [0.717, 1.165) is 18.0 Å². The van der Waals surface area contributed by atoms with Gasteiger partial charge in [0.25, 0.3) is 5.91 Å². The van der Waals surface area contributed by atoms with E-state index in [0.29, 0.717) is 59.0 Å². The summed E-state index contributed by atoms with van der Waals surface area (Å²) >= 11 is 0. The number of phenols is 1. The van der Waals surface area contributed by atoms with E-state index in [-0.39, 0.29) is 17.1 Å². The van der Waals surface area contributed by atoms with Crippen LogP contribution in [-0.2, 0) is 16.5 Å². The van der Waals surface area contributed by atoms with Crippen molar-refractivity contribution in [3.8, 4) is 28.2 Å². The molecule has 2 aromatic carbocycles. The van der Waals surface area contributed by atoms with Crippen molar-refractivity contribution in [2.45, 2.75) is 90.4 Å². The van der Waals surface area contributed by atoms with E-state index in [4.69, 9.17) is 26.6 Å². The summed E-state index contributed by atoms with van der Waals surface area (Å²) in [5, 5.41) is 14.0. The van der Waals surface area contributed by atoms with Crippen molar-refractivity contribution in [3.05, 3.63) is 76.5 Å². The van der Waals surface area contributed by atoms with Crippen molar-refractivity contribution < 1.29 is 30.8 Å². The Labute approximate surface area is 308 Å². The van der Waals surface area contributed by atoms with Gasteiger partial charge in [0, 0.05) is 40.8 Å². The monoisotopic (exact) mass is 784 g/mol. The number of aromatic hydroxyl groups is 1. The Hall–Kier alpha value is -2.72. The molecule has 15 heteroatoms. The molecule has 0 fully saturated rings. The maximum atomic E-state index is 13.9. The lowest BCUT2D eigenvalue weighted by molar-refractivity contribution is 0.0953. The number of nitrogens with two attached hydrogens (primary N) is 1. The van der Waals surface area contributed by atoms with E-state index < -0.39 is 42.3 Å². The standard InChI is InChI=1S/C36H56N2O8Si5/c1-47(2,3)43-50(9,23-13-21-37)45-49(7,8)46-51(10,44-48(4,5)6)24-14-22-38-36(41)30-16-12-11-15-29(30)35-31-19-17-27(39)25-33(31)42-34-26-28(40)18-20-32(34)35/h11-12,15-20,25-26,39H,13-14,21-24,37H2,1-10H3,(H,38,41). The highest BCUT2D eigenvalue weighted by Crippen LogP contribution is 2.42. The summed E-state index contributed by atoms with van der Waals surface area (Å²) in [6.07, 6.45) is 1.51. The van der Waals surface area contributed by atoms with Crippen LogP contribution >= 0.6 is 0 Å². The van der Waals surface area contributed by atoms with E-state index in [1.165, 1.54) is 18.2 Å². The average Bonchev–Trinajstić information content (AvgIpc) is 2.98. The largest absolute Gasteiger partial charge is 0.508 e. The van der Waals surface area contributed by atoms with Gasteiger partial charge in [-0.25, -0.2) is 0 Å². The second-order valence-electron chi connectivity index (χ2n) is 15.9. The summed E-state index contributed by atoms with van der Waals surface area (Å²) in [4.78, 5) is 26.1. The first-order valence-corrected chi connectivity index (χ1v) is 32.4. The molecule has 0 saturated carbocycles. The molecule has 0 aromatic heterocycles. The molecule has 2 aromatic rings. The third-order valence-corrected chi connectivity index (χ3v) is 26.3. The van der Waals surface area contributed by atoms with Gasteiger partial charge in [0.05, 0.1) is 0 Å². The quantitative estimate of drug-likeness (QED) is 0.0547. The minimum atomic E-state index is -2.75. The Bertz CT molecular complexity index is 1860. The SMILES string of the molecule is C[Si](C)(C)O[Si](C)(CCCN)O[Si](C)(C)O[Si](C)(CCCNC(=O)c1ccccc1-c1c2ccc(=O)cc-2oc2cc(O)ccc12)O[Si](C)(C)C. The van der Waals surface area contributed by atoms with Crippen LogP contribution in [0, 0.1) is 0 Å². The smallest absolute Gasteiger partial charge is 0.315 e. The first-order chi connectivity index (χ1) is 23.6. The summed E-state index contributed by atoms with van der Waals surface area (Å²) in [5.41, 5.74) is 8.75. The predicted molar refractivity (Wildman–Crippen MR) is 218 cm³/mol.